The van der Waals surface area contributed by atoms with Crippen molar-refractivity contribution in [2.24, 2.45) is 5.73 Å². The van der Waals surface area contributed by atoms with E-state index in [1.807, 2.05) is 24.3 Å². The predicted molar refractivity (Wildman–Crippen MR) is 133 cm³/mol. The van der Waals surface area contributed by atoms with E-state index in [4.69, 9.17) is 5.73 Å². The Bertz CT molecular complexity index is 1320. The van der Waals surface area contributed by atoms with Gasteiger partial charge in [-0.15, -0.1) is 11.3 Å². The van der Waals surface area contributed by atoms with Crippen molar-refractivity contribution in [2.45, 2.75) is 26.0 Å². The number of aromatic nitrogens is 2. The molecule has 1 aromatic carbocycles. The lowest BCUT2D eigenvalue weighted by molar-refractivity contribution is 0.0782. The van der Waals surface area contributed by atoms with Gasteiger partial charge in [-0.25, -0.2) is 9.37 Å². The molecule has 34 heavy (non-hydrogen) atoms. The monoisotopic (exact) mass is 477 g/mol. The zero-order chi connectivity index (χ0) is 24.3. The summed E-state index contributed by atoms with van der Waals surface area (Å²) in [6.07, 6.45) is 3.43. The van der Waals surface area contributed by atoms with Gasteiger partial charge >= 0.3 is 0 Å². The molecule has 0 fully saturated rings. The van der Waals surface area contributed by atoms with Crippen molar-refractivity contribution < 1.29 is 14.3 Å². The number of primary amides is 1. The summed E-state index contributed by atoms with van der Waals surface area (Å²) in [6, 6.07) is 15.4. The summed E-state index contributed by atoms with van der Waals surface area (Å²) >= 11 is 1.20. The number of amides is 1. The maximum absolute atomic E-state index is 14.8. The molecule has 0 saturated heterocycles. The summed E-state index contributed by atoms with van der Waals surface area (Å²) < 4.78 is 14.8. The number of carbonyl (C=O) groups excluding carboxylic acids is 1. The van der Waals surface area contributed by atoms with Crippen molar-refractivity contribution in [3.05, 3.63) is 89.6 Å². The van der Waals surface area contributed by atoms with Gasteiger partial charge in [0, 0.05) is 22.8 Å². The second-order valence-electron chi connectivity index (χ2n) is 8.21. The van der Waals surface area contributed by atoms with Crippen molar-refractivity contribution in [1.82, 2.24) is 9.97 Å². The summed E-state index contributed by atoms with van der Waals surface area (Å²) in [6.45, 7) is 3.67. The Labute approximate surface area is 200 Å². The molecule has 0 unspecified atom stereocenters. The average molecular weight is 478 g/mol. The van der Waals surface area contributed by atoms with E-state index in [-0.39, 0.29) is 5.56 Å². The second kappa shape index (κ2) is 9.58. The highest BCUT2D eigenvalue weighted by atomic mass is 32.1. The van der Waals surface area contributed by atoms with Crippen molar-refractivity contribution in [3.8, 4) is 10.4 Å². The van der Waals surface area contributed by atoms with E-state index in [0.29, 0.717) is 33.4 Å². The standard InChI is InChI=1S/C25H24FN5O2S/c1-25(2,33)15-8-9-18(20(26)11-15)21-12-19(23(27)32)24(34-21)31-22-7-3-5-17(30-22)14-29-16-6-4-10-28-13-16/h3-13,29,33H,14H2,1-2H3,(H2,27,32)(H,30,31). The molecule has 4 aromatic rings. The third-order valence-corrected chi connectivity index (χ3v) is 6.21. The minimum absolute atomic E-state index is 0.242. The maximum Gasteiger partial charge on any atom is 0.251 e. The zero-order valence-corrected chi connectivity index (χ0v) is 19.5. The Kier molecular flexibility index (Phi) is 6.58. The first kappa shape index (κ1) is 23.3. The number of anilines is 3. The van der Waals surface area contributed by atoms with E-state index >= 15 is 0 Å². The molecule has 0 bridgehead atoms. The molecule has 3 heterocycles. The minimum Gasteiger partial charge on any atom is -0.386 e. The van der Waals surface area contributed by atoms with E-state index in [9.17, 15) is 14.3 Å². The summed E-state index contributed by atoms with van der Waals surface area (Å²) in [4.78, 5) is 21.3. The van der Waals surface area contributed by atoms with Crippen LogP contribution in [0.5, 0.6) is 0 Å². The van der Waals surface area contributed by atoms with Crippen molar-refractivity contribution >= 4 is 33.8 Å². The topological polar surface area (TPSA) is 113 Å². The van der Waals surface area contributed by atoms with Crippen LogP contribution in [0.4, 0.5) is 20.9 Å². The molecule has 7 nitrogen and oxygen atoms in total. The normalized spacial score (nSPS) is 11.3. The quantitative estimate of drug-likeness (QED) is 0.283. The number of aliphatic hydroxyl groups is 1. The molecule has 5 N–H and O–H groups in total. The lowest BCUT2D eigenvalue weighted by atomic mass is 9.96. The zero-order valence-electron chi connectivity index (χ0n) is 18.7. The van der Waals surface area contributed by atoms with Gasteiger partial charge in [-0.1, -0.05) is 18.2 Å². The van der Waals surface area contributed by atoms with Gasteiger partial charge in [-0.05, 0) is 55.8 Å². The first-order valence-electron chi connectivity index (χ1n) is 10.5. The number of nitrogens with two attached hydrogens (primary N) is 1. The lowest BCUT2D eigenvalue weighted by Gasteiger charge is -2.18. The highest BCUT2D eigenvalue weighted by molar-refractivity contribution is 7.19. The number of thiophene rings is 1. The number of carbonyl (C=O) groups is 1. The number of hydrogen-bond acceptors (Lipinski definition) is 7. The van der Waals surface area contributed by atoms with Crippen LogP contribution in [0.25, 0.3) is 10.4 Å². The molecule has 3 aromatic heterocycles. The van der Waals surface area contributed by atoms with E-state index in [1.54, 1.807) is 50.5 Å². The molecule has 0 radical (unpaired) electrons. The Hall–Kier alpha value is -3.82. The summed E-state index contributed by atoms with van der Waals surface area (Å²) in [5.74, 6) is -0.600. The van der Waals surface area contributed by atoms with Gasteiger partial charge < -0.3 is 21.5 Å². The largest absolute Gasteiger partial charge is 0.386 e. The smallest absolute Gasteiger partial charge is 0.251 e. The van der Waals surface area contributed by atoms with Gasteiger partial charge in [0.15, 0.2) is 0 Å². The molecule has 9 heteroatoms. The molecule has 1 amide bonds. The Balaban J connectivity index is 1.58. The Morgan fingerprint density at radius 1 is 1.18 bits per heavy atom. The fraction of sp³-hybridized carbons (Fsp3) is 0.160. The third-order valence-electron chi connectivity index (χ3n) is 5.12. The second-order valence-corrected chi connectivity index (χ2v) is 9.26. The van der Waals surface area contributed by atoms with Gasteiger partial charge in [0.2, 0.25) is 0 Å². The van der Waals surface area contributed by atoms with Crippen LogP contribution in [0, 0.1) is 5.82 Å². The molecule has 4 rings (SSSR count). The van der Waals surface area contributed by atoms with Crippen molar-refractivity contribution in [3.63, 3.8) is 0 Å². The summed E-state index contributed by atoms with van der Waals surface area (Å²) in [5.41, 5.74) is 7.09. The summed E-state index contributed by atoms with van der Waals surface area (Å²) in [5, 5.41) is 17.0. The third kappa shape index (κ3) is 5.38. The number of nitrogens with zero attached hydrogens (tertiary/aromatic N) is 2. The Morgan fingerprint density at radius 3 is 2.68 bits per heavy atom. The molecule has 0 saturated carbocycles. The SMILES string of the molecule is CC(C)(O)c1ccc(-c2cc(C(N)=O)c(Nc3cccc(CNc4cccnc4)n3)s2)c(F)c1. The van der Waals surface area contributed by atoms with Crippen LogP contribution in [-0.4, -0.2) is 21.0 Å². The number of nitrogens with one attached hydrogen (secondary N) is 2. The predicted octanol–water partition coefficient (Wildman–Crippen LogP) is 5.03. The first-order valence-corrected chi connectivity index (χ1v) is 11.4. The maximum atomic E-state index is 14.8. The highest BCUT2D eigenvalue weighted by Crippen LogP contribution is 2.38. The van der Waals surface area contributed by atoms with Gasteiger partial charge in [0.1, 0.15) is 16.6 Å². The molecule has 0 atom stereocenters. The minimum atomic E-state index is -1.16. The van der Waals surface area contributed by atoms with Crippen LogP contribution >= 0.6 is 11.3 Å². The number of rotatable bonds is 8. The molecule has 0 spiro atoms. The fourth-order valence-electron chi connectivity index (χ4n) is 3.32. The van der Waals surface area contributed by atoms with E-state index in [2.05, 4.69) is 20.6 Å². The number of pyridine rings is 2. The van der Waals surface area contributed by atoms with Gasteiger partial charge in [0.25, 0.3) is 5.91 Å². The van der Waals surface area contributed by atoms with Crippen molar-refractivity contribution in [2.75, 3.05) is 10.6 Å². The average Bonchev–Trinajstić information content (AvgIpc) is 3.22. The van der Waals surface area contributed by atoms with Gasteiger partial charge in [0.05, 0.1) is 29.1 Å². The number of hydrogen-bond donors (Lipinski definition) is 4. The fourth-order valence-corrected chi connectivity index (χ4v) is 4.42. The molecule has 174 valence electrons. The number of benzene rings is 1. The van der Waals surface area contributed by atoms with Crippen LogP contribution < -0.4 is 16.4 Å². The van der Waals surface area contributed by atoms with E-state index < -0.39 is 17.3 Å². The van der Waals surface area contributed by atoms with Crippen LogP contribution in [0.3, 0.4) is 0 Å². The molecular weight excluding hydrogens is 453 g/mol. The molecule has 0 aliphatic heterocycles. The lowest BCUT2D eigenvalue weighted by Crippen LogP contribution is -2.15. The van der Waals surface area contributed by atoms with Crippen LogP contribution in [0.1, 0.15) is 35.5 Å². The molecule has 0 aliphatic rings. The molecule has 0 aliphatic carbocycles. The van der Waals surface area contributed by atoms with E-state index in [1.165, 1.54) is 17.4 Å². The van der Waals surface area contributed by atoms with E-state index in [0.717, 1.165) is 11.4 Å². The molecular formula is C25H24FN5O2S. The first-order chi connectivity index (χ1) is 16.2. The van der Waals surface area contributed by atoms with Gasteiger partial charge in [-0.3, -0.25) is 9.78 Å². The van der Waals surface area contributed by atoms with Crippen LogP contribution in [-0.2, 0) is 12.1 Å². The number of halogens is 1. The van der Waals surface area contributed by atoms with Crippen LogP contribution in [0.15, 0.2) is 67.0 Å². The van der Waals surface area contributed by atoms with Gasteiger partial charge in [-0.2, -0.15) is 0 Å². The highest BCUT2D eigenvalue weighted by Gasteiger charge is 2.21. The Morgan fingerprint density at radius 2 is 2.00 bits per heavy atom. The van der Waals surface area contributed by atoms with Crippen molar-refractivity contribution in [1.29, 1.82) is 0 Å². The van der Waals surface area contributed by atoms with Crippen LogP contribution in [0.2, 0.25) is 0 Å². The summed E-state index contributed by atoms with van der Waals surface area (Å²) in [7, 11) is 0.